The maximum atomic E-state index is 11.4. The SMILES string of the molecule is COc1ccc(-c2cn[nH]c2-c2cc(OC)c(OC)c(OC)c2)cc1[N+](=O)[O-]. The van der Waals surface area contributed by atoms with Crippen molar-refractivity contribution >= 4 is 5.69 Å². The van der Waals surface area contributed by atoms with E-state index in [1.165, 1.54) is 34.5 Å². The Labute approximate surface area is 161 Å². The zero-order valence-electron chi connectivity index (χ0n) is 15.8. The molecule has 0 saturated carbocycles. The average Bonchev–Trinajstić information content (AvgIpc) is 3.21. The van der Waals surface area contributed by atoms with Crippen LogP contribution < -0.4 is 18.9 Å². The molecule has 9 heteroatoms. The van der Waals surface area contributed by atoms with Gasteiger partial charge in [0, 0.05) is 17.2 Å². The number of nitrogens with one attached hydrogen (secondary N) is 1. The minimum absolute atomic E-state index is 0.128. The predicted molar refractivity (Wildman–Crippen MR) is 102 cm³/mol. The molecule has 1 heterocycles. The normalized spacial score (nSPS) is 10.4. The van der Waals surface area contributed by atoms with Crippen LogP contribution in [0.15, 0.2) is 36.5 Å². The maximum Gasteiger partial charge on any atom is 0.311 e. The van der Waals surface area contributed by atoms with Crippen molar-refractivity contribution in [2.75, 3.05) is 28.4 Å². The molecule has 3 rings (SSSR count). The van der Waals surface area contributed by atoms with E-state index in [4.69, 9.17) is 18.9 Å². The summed E-state index contributed by atoms with van der Waals surface area (Å²) in [4.78, 5) is 10.9. The number of nitro groups is 1. The van der Waals surface area contributed by atoms with E-state index in [9.17, 15) is 10.1 Å². The van der Waals surface area contributed by atoms with E-state index in [0.29, 0.717) is 34.1 Å². The van der Waals surface area contributed by atoms with E-state index in [2.05, 4.69) is 10.2 Å². The van der Waals surface area contributed by atoms with Gasteiger partial charge in [-0.1, -0.05) is 6.07 Å². The molecule has 0 amide bonds. The summed E-state index contributed by atoms with van der Waals surface area (Å²) >= 11 is 0. The second-order valence-electron chi connectivity index (χ2n) is 5.72. The van der Waals surface area contributed by atoms with Crippen LogP contribution in [0.4, 0.5) is 5.69 Å². The second-order valence-corrected chi connectivity index (χ2v) is 5.72. The van der Waals surface area contributed by atoms with Gasteiger partial charge < -0.3 is 18.9 Å². The van der Waals surface area contributed by atoms with Gasteiger partial charge in [0.15, 0.2) is 17.2 Å². The van der Waals surface area contributed by atoms with Crippen LogP contribution in [-0.2, 0) is 0 Å². The van der Waals surface area contributed by atoms with E-state index >= 15 is 0 Å². The fourth-order valence-electron chi connectivity index (χ4n) is 2.95. The van der Waals surface area contributed by atoms with Gasteiger partial charge in [-0.15, -0.1) is 0 Å². The van der Waals surface area contributed by atoms with Crippen LogP contribution in [0.1, 0.15) is 0 Å². The number of methoxy groups -OCH3 is 4. The standard InChI is InChI=1S/C19H19N3O6/c1-25-15-6-5-11(7-14(15)22(23)24)13-10-20-21-18(13)12-8-16(26-2)19(28-4)17(9-12)27-3/h5-10H,1-4H3,(H,20,21). The molecule has 0 aliphatic carbocycles. The summed E-state index contributed by atoms with van der Waals surface area (Å²) in [7, 11) is 5.98. The third kappa shape index (κ3) is 3.29. The van der Waals surface area contributed by atoms with Gasteiger partial charge in [-0.3, -0.25) is 15.2 Å². The summed E-state index contributed by atoms with van der Waals surface area (Å²) in [5.74, 6) is 1.62. The third-order valence-electron chi connectivity index (χ3n) is 4.28. The first-order valence-electron chi connectivity index (χ1n) is 8.20. The molecule has 0 bridgehead atoms. The number of ether oxygens (including phenoxy) is 4. The average molecular weight is 385 g/mol. The van der Waals surface area contributed by atoms with Gasteiger partial charge in [-0.25, -0.2) is 0 Å². The Kier molecular flexibility index (Phi) is 5.35. The van der Waals surface area contributed by atoms with Crippen molar-refractivity contribution in [3.63, 3.8) is 0 Å². The number of hydrogen-bond donors (Lipinski definition) is 1. The van der Waals surface area contributed by atoms with Gasteiger partial charge >= 0.3 is 5.69 Å². The fourth-order valence-corrected chi connectivity index (χ4v) is 2.95. The Morgan fingerprint density at radius 2 is 1.54 bits per heavy atom. The summed E-state index contributed by atoms with van der Waals surface area (Å²) in [6.07, 6.45) is 1.60. The highest BCUT2D eigenvalue weighted by atomic mass is 16.6. The summed E-state index contributed by atoms with van der Waals surface area (Å²) in [6.45, 7) is 0. The van der Waals surface area contributed by atoms with E-state index in [1.807, 2.05) is 0 Å². The van der Waals surface area contributed by atoms with Crippen molar-refractivity contribution in [2.24, 2.45) is 0 Å². The monoisotopic (exact) mass is 385 g/mol. The molecule has 0 aliphatic heterocycles. The third-order valence-corrected chi connectivity index (χ3v) is 4.28. The molecule has 0 saturated heterocycles. The topological polar surface area (TPSA) is 109 Å². The Morgan fingerprint density at radius 3 is 2.07 bits per heavy atom. The van der Waals surface area contributed by atoms with Crippen LogP contribution in [-0.4, -0.2) is 43.6 Å². The van der Waals surface area contributed by atoms with Crippen molar-refractivity contribution < 1.29 is 23.9 Å². The lowest BCUT2D eigenvalue weighted by atomic mass is 10.0. The Balaban J connectivity index is 2.16. The minimum Gasteiger partial charge on any atom is -0.493 e. The first kappa shape index (κ1) is 19.0. The lowest BCUT2D eigenvalue weighted by Gasteiger charge is -2.14. The lowest BCUT2D eigenvalue weighted by molar-refractivity contribution is -0.385. The molecule has 0 unspecified atom stereocenters. The van der Waals surface area contributed by atoms with Crippen LogP contribution in [0.25, 0.3) is 22.4 Å². The van der Waals surface area contributed by atoms with Gasteiger partial charge in [0.05, 0.1) is 45.3 Å². The first-order valence-corrected chi connectivity index (χ1v) is 8.20. The second kappa shape index (κ2) is 7.87. The summed E-state index contributed by atoms with van der Waals surface area (Å²) in [6, 6.07) is 8.29. The zero-order valence-corrected chi connectivity index (χ0v) is 15.8. The van der Waals surface area contributed by atoms with Gasteiger partial charge in [0.1, 0.15) is 0 Å². The van der Waals surface area contributed by atoms with Crippen molar-refractivity contribution in [3.05, 3.63) is 46.6 Å². The molecule has 3 aromatic rings. The molecule has 9 nitrogen and oxygen atoms in total. The van der Waals surface area contributed by atoms with E-state index in [0.717, 1.165) is 5.56 Å². The summed E-state index contributed by atoms with van der Waals surface area (Å²) < 4.78 is 21.2. The molecule has 0 spiro atoms. The summed E-state index contributed by atoms with van der Waals surface area (Å²) in [5, 5.41) is 18.4. The van der Waals surface area contributed by atoms with Crippen molar-refractivity contribution in [1.82, 2.24) is 10.2 Å². The number of aromatic nitrogens is 2. The van der Waals surface area contributed by atoms with Crippen LogP contribution >= 0.6 is 0 Å². The Bertz CT molecular complexity index is 990. The number of H-pyrrole nitrogens is 1. The van der Waals surface area contributed by atoms with E-state index in [-0.39, 0.29) is 11.4 Å². The largest absolute Gasteiger partial charge is 0.493 e. The smallest absolute Gasteiger partial charge is 0.311 e. The molecule has 0 aliphatic rings. The quantitative estimate of drug-likeness (QED) is 0.488. The molecular formula is C19H19N3O6. The van der Waals surface area contributed by atoms with Gasteiger partial charge in [-0.05, 0) is 23.8 Å². The van der Waals surface area contributed by atoms with Gasteiger partial charge in [0.25, 0.3) is 0 Å². The summed E-state index contributed by atoms with van der Waals surface area (Å²) in [5.41, 5.74) is 2.54. The van der Waals surface area contributed by atoms with Gasteiger partial charge in [-0.2, -0.15) is 5.10 Å². The van der Waals surface area contributed by atoms with Crippen molar-refractivity contribution in [1.29, 1.82) is 0 Å². The number of nitrogens with zero attached hydrogens (tertiary/aromatic N) is 2. The number of nitro benzene ring substituents is 1. The minimum atomic E-state index is -0.485. The van der Waals surface area contributed by atoms with Crippen molar-refractivity contribution in [3.8, 4) is 45.4 Å². The number of hydrogen-bond acceptors (Lipinski definition) is 7. The number of aromatic amines is 1. The molecule has 28 heavy (non-hydrogen) atoms. The highest BCUT2D eigenvalue weighted by Gasteiger charge is 2.20. The van der Waals surface area contributed by atoms with Crippen LogP contribution in [0, 0.1) is 10.1 Å². The molecule has 2 aromatic carbocycles. The van der Waals surface area contributed by atoms with Crippen LogP contribution in [0.2, 0.25) is 0 Å². The molecule has 0 atom stereocenters. The Morgan fingerprint density at radius 1 is 0.893 bits per heavy atom. The molecule has 146 valence electrons. The molecule has 1 N–H and O–H groups in total. The number of benzene rings is 2. The van der Waals surface area contributed by atoms with E-state index < -0.39 is 4.92 Å². The molecule has 0 radical (unpaired) electrons. The van der Waals surface area contributed by atoms with E-state index in [1.54, 1.807) is 30.5 Å². The van der Waals surface area contributed by atoms with Crippen molar-refractivity contribution in [2.45, 2.75) is 0 Å². The van der Waals surface area contributed by atoms with Crippen LogP contribution in [0.3, 0.4) is 0 Å². The number of rotatable bonds is 7. The molecular weight excluding hydrogens is 366 g/mol. The zero-order chi connectivity index (χ0) is 20.3. The maximum absolute atomic E-state index is 11.4. The fraction of sp³-hybridized carbons (Fsp3) is 0.211. The Hall–Kier alpha value is -3.75. The first-order chi connectivity index (χ1) is 13.5. The highest BCUT2D eigenvalue weighted by Crippen LogP contribution is 2.43. The lowest BCUT2D eigenvalue weighted by Crippen LogP contribution is -1.96. The highest BCUT2D eigenvalue weighted by molar-refractivity contribution is 5.83. The molecule has 0 fully saturated rings. The molecule has 1 aromatic heterocycles. The van der Waals surface area contributed by atoms with Crippen LogP contribution in [0.5, 0.6) is 23.0 Å². The predicted octanol–water partition coefficient (Wildman–Crippen LogP) is 3.69. The van der Waals surface area contributed by atoms with Gasteiger partial charge in [0.2, 0.25) is 5.75 Å².